The van der Waals surface area contributed by atoms with Gasteiger partial charge in [0.1, 0.15) is 16.8 Å². The van der Waals surface area contributed by atoms with Crippen molar-refractivity contribution < 1.29 is 12.4 Å². The van der Waals surface area contributed by atoms with E-state index in [4.69, 9.17) is 0 Å². The molecular weight excluding hydrogens is 489 g/mol. The molecule has 1 heterocycles. The van der Waals surface area contributed by atoms with Crippen molar-refractivity contribution in [3.63, 3.8) is 0 Å². The summed E-state index contributed by atoms with van der Waals surface area (Å²) >= 11 is 4.24. The zero-order valence-electron chi connectivity index (χ0n) is 11.0. The molecule has 18 heavy (non-hydrogen) atoms. The van der Waals surface area contributed by atoms with Crippen LogP contribution < -0.4 is 12.4 Å². The van der Waals surface area contributed by atoms with E-state index in [0.717, 1.165) is 5.25 Å². The minimum absolute atomic E-state index is 0. The summed E-state index contributed by atoms with van der Waals surface area (Å²) in [6.07, 6.45) is 4.24. The molecule has 1 atom stereocenters. The van der Waals surface area contributed by atoms with Gasteiger partial charge in [-0.1, -0.05) is 36.8 Å². The minimum Gasteiger partial charge on any atom is -1.00 e. The van der Waals surface area contributed by atoms with Crippen LogP contribution in [0.1, 0.15) is 42.6 Å². The highest BCUT2D eigenvalue weighted by Crippen LogP contribution is 2.33. The van der Waals surface area contributed by atoms with Gasteiger partial charge in [0.2, 0.25) is 0 Å². The zero-order chi connectivity index (χ0) is 12.7. The van der Waals surface area contributed by atoms with Gasteiger partial charge in [-0.2, -0.15) is 0 Å². The lowest BCUT2D eigenvalue weighted by Gasteiger charge is -2.14. The Hall–Kier alpha value is 1.32. The van der Waals surface area contributed by atoms with Crippen molar-refractivity contribution in [3.8, 4) is 0 Å². The summed E-state index contributed by atoms with van der Waals surface area (Å²) in [6, 6.07) is 9.21. The normalized spacial score (nSPS) is 16.4. The second-order valence-corrected chi connectivity index (χ2v) is 6.92. The van der Waals surface area contributed by atoms with E-state index in [1.165, 1.54) is 36.3 Å². The molecule has 4 heteroatoms. The summed E-state index contributed by atoms with van der Waals surface area (Å²) in [4.78, 5) is 0. The molecule has 0 aliphatic carbocycles. The lowest BCUT2D eigenvalue weighted by atomic mass is 10.1. The lowest BCUT2D eigenvalue weighted by molar-refractivity contribution is -0.00000333. The summed E-state index contributed by atoms with van der Waals surface area (Å²) in [5.74, 6) is 2.96. The smallest absolute Gasteiger partial charge is 0.143 e. The maximum Gasteiger partial charge on any atom is 0.143 e. The molecule has 1 fully saturated rings. The Kier molecular flexibility index (Phi) is 11.8. The molecule has 1 aliphatic rings. The van der Waals surface area contributed by atoms with E-state index in [2.05, 4.69) is 75.3 Å². The van der Waals surface area contributed by atoms with Crippen LogP contribution in [0.4, 0.5) is 0 Å². The van der Waals surface area contributed by atoms with E-state index >= 15 is 0 Å². The topological polar surface area (TPSA) is 0 Å². The Labute approximate surface area is 144 Å². The monoisotopic (exact) mass is 510 g/mol. The van der Waals surface area contributed by atoms with Gasteiger partial charge in [-0.25, -0.2) is 0 Å². The zero-order valence-corrected chi connectivity index (χ0v) is 16.9. The summed E-state index contributed by atoms with van der Waals surface area (Å²) < 4.78 is 0. The second-order valence-electron chi connectivity index (χ2n) is 4.46. The van der Waals surface area contributed by atoms with Crippen LogP contribution in [-0.2, 0) is 10.9 Å². The third kappa shape index (κ3) is 5.75. The number of rotatable bonds is 3. The quantitative estimate of drug-likeness (QED) is 0.433. The van der Waals surface area contributed by atoms with Crippen molar-refractivity contribution in [1.82, 2.24) is 0 Å². The predicted molar refractivity (Wildman–Crippen MR) is 98.6 cm³/mol. The Bertz CT molecular complexity index is 310. The molecule has 104 valence electrons. The van der Waals surface area contributed by atoms with Crippen molar-refractivity contribution in [2.24, 2.45) is 0 Å². The molecule has 0 nitrogen and oxygen atoms in total. The number of halogens is 3. The molecule has 1 aliphatic heterocycles. The van der Waals surface area contributed by atoms with Crippen molar-refractivity contribution in [3.05, 3.63) is 35.4 Å². The Morgan fingerprint density at radius 2 is 1.61 bits per heavy atom. The van der Waals surface area contributed by atoms with Gasteiger partial charge in [0, 0.05) is 42.8 Å². The summed E-state index contributed by atoms with van der Waals surface area (Å²) in [5, 5.41) is 0.841. The van der Waals surface area contributed by atoms with Crippen molar-refractivity contribution in [2.45, 2.75) is 38.4 Å². The van der Waals surface area contributed by atoms with Crippen molar-refractivity contribution in [1.29, 1.82) is 0 Å². The molecular formula is C14H21ClI2S. The van der Waals surface area contributed by atoms with Crippen LogP contribution >= 0.6 is 37.2 Å². The number of benzene rings is 1. The van der Waals surface area contributed by atoms with Gasteiger partial charge in [-0.15, -0.1) is 0 Å². The average molecular weight is 511 g/mol. The number of hydrogen-bond acceptors (Lipinski definition) is 0. The first-order chi connectivity index (χ1) is 8.31. The Balaban J connectivity index is 0.000000917. The second kappa shape index (κ2) is 11.0. The summed E-state index contributed by atoms with van der Waals surface area (Å²) in [5.41, 5.74) is 2.96. The lowest BCUT2D eigenvalue weighted by Crippen LogP contribution is -3.00. The van der Waals surface area contributed by atoms with Gasteiger partial charge in [0.15, 0.2) is 0 Å². The fourth-order valence-electron chi connectivity index (χ4n) is 2.41. The first-order valence-electron chi connectivity index (χ1n) is 6.18. The van der Waals surface area contributed by atoms with Gasteiger partial charge < -0.3 is 12.4 Å². The van der Waals surface area contributed by atoms with E-state index in [1.807, 2.05) is 0 Å². The summed E-state index contributed by atoms with van der Waals surface area (Å²) in [7, 11) is 0.677. The average Bonchev–Trinajstić information content (AvgIpc) is 2.89. The number of hydrogen-bond donors (Lipinski definition) is 0. The van der Waals surface area contributed by atoms with Gasteiger partial charge in [-0.05, 0) is 37.1 Å². The number of aryl methyl sites for hydroxylation is 1. The molecule has 0 amide bonds. The first-order valence-corrected chi connectivity index (χ1v) is 14.1. The Morgan fingerprint density at radius 1 is 1.11 bits per heavy atom. The van der Waals surface area contributed by atoms with E-state index in [0.29, 0.717) is 10.9 Å². The van der Waals surface area contributed by atoms with E-state index in [-0.39, 0.29) is 12.4 Å². The van der Waals surface area contributed by atoms with Gasteiger partial charge in [0.05, 0.1) is 0 Å². The van der Waals surface area contributed by atoms with Crippen LogP contribution in [-0.4, -0.2) is 11.5 Å². The molecule has 0 saturated carbocycles. The predicted octanol–water partition coefficient (Wildman–Crippen LogP) is 2.63. The fourth-order valence-corrected chi connectivity index (χ4v) is 5.34. The molecule has 0 bridgehead atoms. The van der Waals surface area contributed by atoms with Crippen LogP contribution in [0.5, 0.6) is 0 Å². The molecule has 1 saturated heterocycles. The molecule has 0 N–H and O–H groups in total. The van der Waals surface area contributed by atoms with Gasteiger partial charge >= 0.3 is 0 Å². The van der Waals surface area contributed by atoms with Crippen molar-refractivity contribution >= 4 is 48.1 Å². The van der Waals surface area contributed by atoms with E-state index in [9.17, 15) is 0 Å². The SMILES string of the molecule is CCC(c1ccc(C)cc1)[S+]1CCCC1.II.[Cl-]. The maximum absolute atomic E-state index is 2.34. The molecule has 2 rings (SSSR count). The molecule has 1 aromatic carbocycles. The molecule has 1 unspecified atom stereocenters. The van der Waals surface area contributed by atoms with Crippen LogP contribution in [0.2, 0.25) is 0 Å². The van der Waals surface area contributed by atoms with Crippen LogP contribution in [0.15, 0.2) is 24.3 Å². The molecule has 1 aromatic rings. The minimum atomic E-state index is 0. The molecule has 0 spiro atoms. The third-order valence-electron chi connectivity index (χ3n) is 3.29. The largest absolute Gasteiger partial charge is 1.00 e. The highest BCUT2D eigenvalue weighted by Gasteiger charge is 2.33. The highest BCUT2D eigenvalue weighted by molar-refractivity contribution is 15.0. The first kappa shape index (κ1) is 19.3. The highest BCUT2D eigenvalue weighted by atomic mass is 128. The van der Waals surface area contributed by atoms with Crippen LogP contribution in [0, 0.1) is 6.92 Å². The molecule has 0 radical (unpaired) electrons. The van der Waals surface area contributed by atoms with Crippen LogP contribution in [0.3, 0.4) is 0 Å². The third-order valence-corrected chi connectivity index (χ3v) is 6.32. The summed E-state index contributed by atoms with van der Waals surface area (Å²) in [6.45, 7) is 4.51. The molecule has 0 aromatic heterocycles. The maximum atomic E-state index is 2.34. The Morgan fingerprint density at radius 3 is 2.06 bits per heavy atom. The van der Waals surface area contributed by atoms with Gasteiger partial charge in [-0.3, -0.25) is 0 Å². The van der Waals surface area contributed by atoms with Crippen molar-refractivity contribution in [2.75, 3.05) is 11.5 Å². The van der Waals surface area contributed by atoms with E-state index < -0.39 is 0 Å². The van der Waals surface area contributed by atoms with Gasteiger partial charge in [0.25, 0.3) is 0 Å². The fraction of sp³-hybridized carbons (Fsp3) is 0.571. The van der Waals surface area contributed by atoms with E-state index in [1.54, 1.807) is 5.56 Å². The standard InChI is InChI=1S/C14H21S.ClH.I2/c1-3-14(15-10-4-5-11-15)13-8-6-12(2)7-9-13;;1-2/h6-9,14H,3-5,10-11H2,1-2H3;1H;/q+1;;/p-1. The van der Waals surface area contributed by atoms with Crippen LogP contribution in [0.25, 0.3) is 0 Å².